The maximum Gasteiger partial charge on any atom is 0.188 e. The first-order valence-corrected chi connectivity index (χ1v) is 6.10. The number of rotatable bonds is 6. The highest BCUT2D eigenvalue weighted by Gasteiger charge is 2.00. The molecule has 0 fully saturated rings. The van der Waals surface area contributed by atoms with Gasteiger partial charge < -0.3 is 11.1 Å². The summed E-state index contributed by atoms with van der Waals surface area (Å²) in [6, 6.07) is 3.53. The van der Waals surface area contributed by atoms with Crippen LogP contribution < -0.4 is 11.1 Å². The van der Waals surface area contributed by atoms with E-state index in [4.69, 9.17) is 5.73 Å². The average molecular weight is 267 g/mol. The summed E-state index contributed by atoms with van der Waals surface area (Å²) in [5, 5.41) is 2.94. The van der Waals surface area contributed by atoms with E-state index in [0.717, 1.165) is 11.6 Å². The predicted molar refractivity (Wildman–Crippen MR) is 74.0 cm³/mol. The van der Waals surface area contributed by atoms with Gasteiger partial charge in [-0.15, -0.1) is 0 Å². The van der Waals surface area contributed by atoms with E-state index in [2.05, 4.69) is 16.9 Å². The molecule has 0 aliphatic carbocycles. The molecule has 0 saturated carbocycles. The molecule has 0 amide bonds. The Hall–Kier alpha value is -1.91. The molecule has 0 spiro atoms. The van der Waals surface area contributed by atoms with Crippen molar-refractivity contribution in [3.8, 4) is 0 Å². The minimum absolute atomic E-state index is 0.355. The Labute approximate surface area is 112 Å². The van der Waals surface area contributed by atoms with Crippen LogP contribution in [0.4, 0.5) is 8.78 Å². The predicted octanol–water partition coefficient (Wildman–Crippen LogP) is 2.38. The number of nitrogens with zero attached hydrogens (tertiary/aromatic N) is 1. The molecule has 0 heterocycles. The first kappa shape index (κ1) is 15.1. The SMILES string of the molecule is C=C(C)CN=C(N)NCCCc1cc(F)cc(F)c1. The summed E-state index contributed by atoms with van der Waals surface area (Å²) >= 11 is 0. The molecule has 1 aromatic carbocycles. The van der Waals surface area contributed by atoms with Gasteiger partial charge >= 0.3 is 0 Å². The molecule has 0 bridgehead atoms. The average Bonchev–Trinajstić information content (AvgIpc) is 2.31. The molecule has 0 aliphatic heterocycles. The van der Waals surface area contributed by atoms with Crippen LogP contribution in [-0.4, -0.2) is 19.0 Å². The number of halogens is 2. The number of benzene rings is 1. The van der Waals surface area contributed by atoms with Crippen LogP contribution in [-0.2, 0) is 6.42 Å². The van der Waals surface area contributed by atoms with Crippen LogP contribution in [0, 0.1) is 11.6 Å². The quantitative estimate of drug-likeness (QED) is 0.360. The third-order valence-corrected chi connectivity index (χ3v) is 2.39. The zero-order chi connectivity index (χ0) is 14.3. The van der Waals surface area contributed by atoms with Gasteiger partial charge in [0.05, 0.1) is 6.54 Å². The van der Waals surface area contributed by atoms with E-state index < -0.39 is 11.6 Å². The van der Waals surface area contributed by atoms with Gasteiger partial charge in [-0.3, -0.25) is 0 Å². The Morgan fingerprint density at radius 3 is 2.53 bits per heavy atom. The number of aryl methyl sites for hydroxylation is 1. The van der Waals surface area contributed by atoms with Gasteiger partial charge in [0.2, 0.25) is 0 Å². The van der Waals surface area contributed by atoms with Gasteiger partial charge in [0, 0.05) is 12.6 Å². The summed E-state index contributed by atoms with van der Waals surface area (Å²) in [4.78, 5) is 4.06. The minimum Gasteiger partial charge on any atom is -0.370 e. The van der Waals surface area contributed by atoms with Crippen molar-refractivity contribution < 1.29 is 8.78 Å². The van der Waals surface area contributed by atoms with E-state index in [1.807, 2.05) is 6.92 Å². The molecule has 5 heteroatoms. The highest BCUT2D eigenvalue weighted by molar-refractivity contribution is 5.77. The second-order valence-corrected chi connectivity index (χ2v) is 4.47. The van der Waals surface area contributed by atoms with Crippen molar-refractivity contribution in [2.45, 2.75) is 19.8 Å². The summed E-state index contributed by atoms with van der Waals surface area (Å²) in [6.45, 7) is 6.68. The number of hydrogen-bond donors (Lipinski definition) is 2. The van der Waals surface area contributed by atoms with Crippen molar-refractivity contribution in [2.75, 3.05) is 13.1 Å². The van der Waals surface area contributed by atoms with Crippen molar-refractivity contribution >= 4 is 5.96 Å². The molecule has 0 saturated heterocycles. The van der Waals surface area contributed by atoms with Gasteiger partial charge in [-0.05, 0) is 37.5 Å². The van der Waals surface area contributed by atoms with E-state index in [0.29, 0.717) is 37.5 Å². The standard InChI is InChI=1S/C14H19F2N3/c1-10(2)9-19-14(17)18-5-3-4-11-6-12(15)8-13(16)7-11/h6-8H,1,3-5,9H2,2H3,(H3,17,18,19). The molecular weight excluding hydrogens is 248 g/mol. The number of nitrogens with two attached hydrogens (primary N) is 1. The topological polar surface area (TPSA) is 50.4 Å². The van der Waals surface area contributed by atoms with Crippen molar-refractivity contribution in [1.29, 1.82) is 0 Å². The van der Waals surface area contributed by atoms with Crippen LogP contribution in [0.25, 0.3) is 0 Å². The van der Waals surface area contributed by atoms with Gasteiger partial charge in [0.15, 0.2) is 5.96 Å². The lowest BCUT2D eigenvalue weighted by atomic mass is 10.1. The van der Waals surface area contributed by atoms with E-state index in [9.17, 15) is 8.78 Å². The van der Waals surface area contributed by atoms with E-state index in [1.165, 1.54) is 12.1 Å². The van der Waals surface area contributed by atoms with Crippen LogP contribution in [0.2, 0.25) is 0 Å². The highest BCUT2D eigenvalue weighted by Crippen LogP contribution is 2.09. The number of aliphatic imine (C=N–C) groups is 1. The van der Waals surface area contributed by atoms with Gasteiger partial charge in [-0.2, -0.15) is 0 Å². The molecule has 104 valence electrons. The lowest BCUT2D eigenvalue weighted by Gasteiger charge is -2.06. The second-order valence-electron chi connectivity index (χ2n) is 4.47. The normalized spacial score (nSPS) is 11.4. The van der Waals surface area contributed by atoms with Crippen LogP contribution in [0.3, 0.4) is 0 Å². The summed E-state index contributed by atoms with van der Waals surface area (Å²) in [7, 11) is 0. The van der Waals surface area contributed by atoms with Gasteiger partial charge in [-0.25, -0.2) is 13.8 Å². The van der Waals surface area contributed by atoms with Crippen molar-refractivity contribution in [3.63, 3.8) is 0 Å². The van der Waals surface area contributed by atoms with Gasteiger partial charge in [0.1, 0.15) is 11.6 Å². The fraction of sp³-hybridized carbons (Fsp3) is 0.357. The first-order valence-electron chi connectivity index (χ1n) is 6.10. The Balaban J connectivity index is 2.30. The summed E-state index contributed by atoms with van der Waals surface area (Å²) in [5.41, 5.74) is 7.19. The summed E-state index contributed by atoms with van der Waals surface area (Å²) < 4.78 is 25.9. The van der Waals surface area contributed by atoms with E-state index in [1.54, 1.807) is 0 Å². The maximum atomic E-state index is 12.9. The minimum atomic E-state index is -0.550. The number of nitrogens with one attached hydrogen (secondary N) is 1. The number of hydrogen-bond acceptors (Lipinski definition) is 1. The molecule has 3 nitrogen and oxygen atoms in total. The van der Waals surface area contributed by atoms with Crippen LogP contribution in [0.5, 0.6) is 0 Å². The Morgan fingerprint density at radius 2 is 1.95 bits per heavy atom. The molecule has 0 aliphatic rings. The Morgan fingerprint density at radius 1 is 1.32 bits per heavy atom. The monoisotopic (exact) mass is 267 g/mol. The second kappa shape index (κ2) is 7.51. The summed E-state index contributed by atoms with van der Waals surface area (Å²) in [6.07, 6.45) is 1.29. The van der Waals surface area contributed by atoms with Crippen molar-refractivity contribution in [2.24, 2.45) is 10.7 Å². The van der Waals surface area contributed by atoms with Gasteiger partial charge in [-0.1, -0.05) is 12.2 Å². The zero-order valence-corrected chi connectivity index (χ0v) is 11.0. The first-order chi connectivity index (χ1) is 8.97. The third-order valence-electron chi connectivity index (χ3n) is 2.39. The largest absolute Gasteiger partial charge is 0.370 e. The van der Waals surface area contributed by atoms with Crippen LogP contribution >= 0.6 is 0 Å². The molecule has 1 rings (SSSR count). The molecule has 3 N–H and O–H groups in total. The fourth-order valence-electron chi connectivity index (χ4n) is 1.54. The van der Waals surface area contributed by atoms with E-state index in [-0.39, 0.29) is 0 Å². The molecule has 0 aromatic heterocycles. The molecule has 1 aromatic rings. The fourth-order valence-corrected chi connectivity index (χ4v) is 1.54. The van der Waals surface area contributed by atoms with Crippen molar-refractivity contribution in [3.05, 3.63) is 47.5 Å². The molecule has 19 heavy (non-hydrogen) atoms. The maximum absolute atomic E-state index is 12.9. The Kier molecular flexibility index (Phi) is 5.99. The highest BCUT2D eigenvalue weighted by atomic mass is 19.1. The van der Waals surface area contributed by atoms with Crippen LogP contribution in [0.15, 0.2) is 35.3 Å². The van der Waals surface area contributed by atoms with E-state index >= 15 is 0 Å². The lowest BCUT2D eigenvalue weighted by Crippen LogP contribution is -2.32. The molecule has 0 unspecified atom stereocenters. The summed E-state index contributed by atoms with van der Waals surface area (Å²) in [5.74, 6) is -0.746. The number of guanidine groups is 1. The Bertz CT molecular complexity index is 450. The lowest BCUT2D eigenvalue weighted by molar-refractivity contribution is 0.578. The van der Waals surface area contributed by atoms with Crippen molar-refractivity contribution in [1.82, 2.24) is 5.32 Å². The smallest absolute Gasteiger partial charge is 0.188 e. The molecule has 0 atom stereocenters. The molecule has 0 radical (unpaired) electrons. The zero-order valence-electron chi connectivity index (χ0n) is 11.0. The third kappa shape index (κ3) is 6.55. The van der Waals surface area contributed by atoms with Crippen LogP contribution in [0.1, 0.15) is 18.9 Å². The molecular formula is C14H19F2N3. The van der Waals surface area contributed by atoms with Gasteiger partial charge in [0.25, 0.3) is 0 Å².